The number of fused-ring (bicyclic) bond motifs is 1. The number of nitrogens with zero attached hydrogens (tertiary/aromatic N) is 1. The fourth-order valence-corrected chi connectivity index (χ4v) is 2.62. The summed E-state index contributed by atoms with van der Waals surface area (Å²) in [6.07, 6.45) is 2.44. The number of carbonyl (C=O) groups is 1. The molecule has 0 aliphatic carbocycles. The molecule has 1 aromatic carbocycles. The van der Waals surface area contributed by atoms with Crippen LogP contribution in [0.4, 0.5) is 17.1 Å². The molecule has 104 valence electrons. The van der Waals surface area contributed by atoms with Crippen molar-refractivity contribution in [1.29, 1.82) is 0 Å². The normalized spacial score (nSPS) is 15.6. The minimum Gasteiger partial charge on any atom is -0.397 e. The SMILES string of the molecule is CCC(C)N(CC)c1cc2c(cc1N)NC(=O)CC2. The van der Waals surface area contributed by atoms with E-state index in [1.54, 1.807) is 0 Å². The van der Waals surface area contributed by atoms with Gasteiger partial charge in [-0.1, -0.05) is 6.92 Å². The van der Waals surface area contributed by atoms with E-state index in [-0.39, 0.29) is 5.91 Å². The molecule has 0 radical (unpaired) electrons. The fourth-order valence-electron chi connectivity index (χ4n) is 2.62. The molecule has 2 rings (SSSR count). The van der Waals surface area contributed by atoms with Gasteiger partial charge in [-0.3, -0.25) is 4.79 Å². The van der Waals surface area contributed by atoms with Crippen LogP contribution in [0.5, 0.6) is 0 Å². The van der Waals surface area contributed by atoms with Gasteiger partial charge in [0.2, 0.25) is 5.91 Å². The number of nitrogens with two attached hydrogens (primary N) is 1. The molecule has 0 spiro atoms. The Morgan fingerprint density at radius 2 is 2.11 bits per heavy atom. The summed E-state index contributed by atoms with van der Waals surface area (Å²) < 4.78 is 0. The van der Waals surface area contributed by atoms with Crippen LogP contribution in [0.1, 0.15) is 39.2 Å². The molecule has 0 saturated carbocycles. The van der Waals surface area contributed by atoms with Crippen molar-refractivity contribution in [2.75, 3.05) is 22.5 Å². The summed E-state index contributed by atoms with van der Waals surface area (Å²) in [6, 6.07) is 4.50. The zero-order chi connectivity index (χ0) is 14.0. The third kappa shape index (κ3) is 2.67. The summed E-state index contributed by atoms with van der Waals surface area (Å²) in [5.74, 6) is 0.0777. The van der Waals surface area contributed by atoms with E-state index in [0.717, 1.165) is 36.4 Å². The topological polar surface area (TPSA) is 58.4 Å². The number of hydrogen-bond acceptors (Lipinski definition) is 3. The average Bonchev–Trinajstić information content (AvgIpc) is 2.40. The van der Waals surface area contributed by atoms with Crippen LogP contribution in [-0.4, -0.2) is 18.5 Å². The Labute approximate surface area is 115 Å². The maximum atomic E-state index is 11.4. The molecule has 1 heterocycles. The molecule has 1 atom stereocenters. The maximum Gasteiger partial charge on any atom is 0.224 e. The van der Waals surface area contributed by atoms with Crippen molar-refractivity contribution in [2.24, 2.45) is 0 Å². The molecular formula is C15H23N3O. The predicted octanol–water partition coefficient (Wildman–Crippen LogP) is 2.78. The van der Waals surface area contributed by atoms with Crippen LogP contribution in [-0.2, 0) is 11.2 Å². The van der Waals surface area contributed by atoms with E-state index < -0.39 is 0 Å². The first-order valence-corrected chi connectivity index (χ1v) is 7.05. The third-order valence-corrected chi connectivity index (χ3v) is 3.92. The molecule has 0 bridgehead atoms. The second-order valence-electron chi connectivity index (χ2n) is 5.16. The van der Waals surface area contributed by atoms with Crippen molar-refractivity contribution in [1.82, 2.24) is 0 Å². The van der Waals surface area contributed by atoms with Gasteiger partial charge >= 0.3 is 0 Å². The van der Waals surface area contributed by atoms with Crippen molar-refractivity contribution in [2.45, 2.75) is 46.1 Å². The molecule has 1 unspecified atom stereocenters. The summed E-state index contributed by atoms with van der Waals surface area (Å²) in [7, 11) is 0. The van der Waals surface area contributed by atoms with Crippen LogP contribution in [0.2, 0.25) is 0 Å². The largest absolute Gasteiger partial charge is 0.397 e. The van der Waals surface area contributed by atoms with Crippen LogP contribution in [0, 0.1) is 0 Å². The summed E-state index contributed by atoms with van der Waals surface area (Å²) in [6.45, 7) is 7.48. The molecule has 19 heavy (non-hydrogen) atoms. The highest BCUT2D eigenvalue weighted by Gasteiger charge is 2.20. The molecule has 1 amide bonds. The van der Waals surface area contributed by atoms with Crippen molar-refractivity contribution in [3.63, 3.8) is 0 Å². The lowest BCUT2D eigenvalue weighted by Gasteiger charge is -2.32. The standard InChI is InChI=1S/C15H23N3O/c1-4-10(3)18(5-2)14-8-11-6-7-15(19)17-13(11)9-12(14)16/h8-10H,4-7,16H2,1-3H3,(H,17,19). The number of anilines is 3. The molecule has 4 heteroatoms. The molecule has 1 aliphatic rings. The fraction of sp³-hybridized carbons (Fsp3) is 0.533. The zero-order valence-corrected chi connectivity index (χ0v) is 12.0. The summed E-state index contributed by atoms with van der Waals surface area (Å²) >= 11 is 0. The number of aryl methyl sites for hydroxylation is 1. The number of rotatable bonds is 4. The smallest absolute Gasteiger partial charge is 0.224 e. The van der Waals surface area contributed by atoms with Gasteiger partial charge in [0.25, 0.3) is 0 Å². The van der Waals surface area contributed by atoms with Gasteiger partial charge in [0.05, 0.1) is 11.4 Å². The molecule has 0 saturated heterocycles. The lowest BCUT2D eigenvalue weighted by molar-refractivity contribution is -0.116. The Hall–Kier alpha value is -1.71. The molecule has 1 aromatic rings. The predicted molar refractivity (Wildman–Crippen MR) is 80.6 cm³/mol. The summed E-state index contributed by atoms with van der Waals surface area (Å²) in [5, 5.41) is 2.89. The van der Waals surface area contributed by atoms with Gasteiger partial charge in [-0.15, -0.1) is 0 Å². The van der Waals surface area contributed by atoms with Gasteiger partial charge in [0, 0.05) is 24.7 Å². The molecular weight excluding hydrogens is 238 g/mol. The van der Waals surface area contributed by atoms with Gasteiger partial charge in [-0.05, 0) is 44.4 Å². The van der Waals surface area contributed by atoms with Crippen LogP contribution < -0.4 is 16.0 Å². The van der Waals surface area contributed by atoms with Crippen molar-refractivity contribution in [3.8, 4) is 0 Å². The van der Waals surface area contributed by atoms with Gasteiger partial charge in [-0.25, -0.2) is 0 Å². The second kappa shape index (κ2) is 5.51. The molecule has 3 N–H and O–H groups in total. The number of benzene rings is 1. The number of hydrogen-bond donors (Lipinski definition) is 2. The lowest BCUT2D eigenvalue weighted by atomic mass is 10.0. The number of nitrogen functional groups attached to an aromatic ring is 1. The van der Waals surface area contributed by atoms with E-state index in [4.69, 9.17) is 5.73 Å². The summed E-state index contributed by atoms with van der Waals surface area (Å²) in [4.78, 5) is 13.7. The average molecular weight is 261 g/mol. The van der Waals surface area contributed by atoms with E-state index in [0.29, 0.717) is 12.5 Å². The maximum absolute atomic E-state index is 11.4. The van der Waals surface area contributed by atoms with Gasteiger partial charge in [0.15, 0.2) is 0 Å². The minimum absolute atomic E-state index is 0.0777. The second-order valence-corrected chi connectivity index (χ2v) is 5.16. The van der Waals surface area contributed by atoms with Crippen molar-refractivity contribution >= 4 is 23.0 Å². The van der Waals surface area contributed by atoms with Crippen molar-refractivity contribution in [3.05, 3.63) is 17.7 Å². The van der Waals surface area contributed by atoms with Crippen molar-refractivity contribution < 1.29 is 4.79 Å². The van der Waals surface area contributed by atoms with Gasteiger partial charge < -0.3 is 16.0 Å². The van der Waals surface area contributed by atoms with Crippen LogP contribution in [0.3, 0.4) is 0 Å². The molecule has 0 aromatic heterocycles. The van der Waals surface area contributed by atoms with E-state index in [9.17, 15) is 4.79 Å². The number of nitrogens with one attached hydrogen (secondary N) is 1. The Kier molecular flexibility index (Phi) is 3.98. The highest BCUT2D eigenvalue weighted by atomic mass is 16.1. The first-order valence-electron chi connectivity index (χ1n) is 7.05. The Bertz CT molecular complexity index is 485. The Balaban J connectivity index is 2.39. The first kappa shape index (κ1) is 13.7. The first-order chi connectivity index (χ1) is 9.06. The van der Waals surface area contributed by atoms with E-state index in [1.165, 1.54) is 5.56 Å². The highest BCUT2D eigenvalue weighted by molar-refractivity contribution is 5.95. The Morgan fingerprint density at radius 3 is 2.74 bits per heavy atom. The van der Waals surface area contributed by atoms with Gasteiger partial charge in [0.1, 0.15) is 0 Å². The number of carbonyl (C=O) groups excluding carboxylic acids is 1. The molecule has 4 nitrogen and oxygen atoms in total. The number of amides is 1. The summed E-state index contributed by atoms with van der Waals surface area (Å²) in [5.41, 5.74) is 10.1. The zero-order valence-electron chi connectivity index (χ0n) is 12.0. The van der Waals surface area contributed by atoms with Gasteiger partial charge in [-0.2, -0.15) is 0 Å². The van der Waals surface area contributed by atoms with E-state index in [1.807, 2.05) is 6.07 Å². The van der Waals surface area contributed by atoms with E-state index >= 15 is 0 Å². The van der Waals surface area contributed by atoms with Crippen LogP contribution >= 0.6 is 0 Å². The highest BCUT2D eigenvalue weighted by Crippen LogP contribution is 2.34. The Morgan fingerprint density at radius 1 is 1.37 bits per heavy atom. The third-order valence-electron chi connectivity index (χ3n) is 3.92. The van der Waals surface area contributed by atoms with E-state index in [2.05, 4.69) is 37.1 Å². The minimum atomic E-state index is 0.0777. The van der Waals surface area contributed by atoms with Crippen LogP contribution in [0.25, 0.3) is 0 Å². The monoisotopic (exact) mass is 261 g/mol. The molecule has 1 aliphatic heterocycles. The molecule has 0 fully saturated rings. The van der Waals surface area contributed by atoms with Crippen LogP contribution in [0.15, 0.2) is 12.1 Å². The quantitative estimate of drug-likeness (QED) is 0.819. The lowest BCUT2D eigenvalue weighted by Crippen LogP contribution is -2.33.